The van der Waals surface area contributed by atoms with Crippen molar-refractivity contribution in [3.8, 4) is 17.2 Å². The van der Waals surface area contributed by atoms with Gasteiger partial charge in [0.1, 0.15) is 25.1 Å². The van der Waals surface area contributed by atoms with E-state index in [2.05, 4.69) is 35.7 Å². The van der Waals surface area contributed by atoms with Gasteiger partial charge >= 0.3 is 0 Å². The maximum Gasteiger partial charge on any atom is 0.165 e. The Balaban J connectivity index is 1.19. The van der Waals surface area contributed by atoms with Gasteiger partial charge in [-0.3, -0.25) is 4.90 Å². The fourth-order valence-corrected chi connectivity index (χ4v) is 7.60. The highest BCUT2D eigenvalue weighted by atomic mass is 16.5. The lowest BCUT2D eigenvalue weighted by Gasteiger charge is -2.58. The minimum absolute atomic E-state index is 0.212. The molecule has 4 nitrogen and oxygen atoms in total. The molecule has 2 aromatic carbocycles. The molecule has 2 bridgehead atoms. The van der Waals surface area contributed by atoms with E-state index in [0.717, 1.165) is 34.6 Å². The van der Waals surface area contributed by atoms with Crippen LogP contribution in [0.2, 0.25) is 0 Å². The molecule has 7 rings (SSSR count). The van der Waals surface area contributed by atoms with Crippen LogP contribution < -0.4 is 14.2 Å². The third-order valence-electron chi connectivity index (χ3n) is 9.18. The van der Waals surface area contributed by atoms with E-state index in [1.165, 1.54) is 69.2 Å². The van der Waals surface area contributed by atoms with E-state index in [0.29, 0.717) is 25.4 Å². The van der Waals surface area contributed by atoms with Crippen molar-refractivity contribution in [2.45, 2.75) is 69.1 Å². The minimum atomic E-state index is 0.212. The second kappa shape index (κ2) is 8.05. The maximum atomic E-state index is 6.82. The first-order valence-corrected chi connectivity index (χ1v) is 13.3. The van der Waals surface area contributed by atoms with Crippen LogP contribution in [0.1, 0.15) is 55.2 Å². The van der Waals surface area contributed by atoms with Gasteiger partial charge in [-0.25, -0.2) is 0 Å². The second-order valence-corrected chi connectivity index (χ2v) is 11.1. The summed E-state index contributed by atoms with van der Waals surface area (Å²) >= 11 is 0. The lowest BCUT2D eigenvalue weighted by molar-refractivity contribution is -0.0530. The molecule has 1 spiro atoms. The van der Waals surface area contributed by atoms with Crippen molar-refractivity contribution in [1.82, 2.24) is 4.90 Å². The molecule has 178 valence electrons. The fourth-order valence-electron chi connectivity index (χ4n) is 7.60. The molecular formula is C30H35NO3. The summed E-state index contributed by atoms with van der Waals surface area (Å²) in [5, 5.41) is 0. The van der Waals surface area contributed by atoms with E-state index in [1.54, 1.807) is 6.08 Å². The lowest BCUT2D eigenvalue weighted by Crippen LogP contribution is -2.64. The van der Waals surface area contributed by atoms with Crippen LogP contribution in [0.3, 0.4) is 0 Å². The summed E-state index contributed by atoms with van der Waals surface area (Å²) in [6, 6.07) is 13.4. The van der Waals surface area contributed by atoms with Crippen molar-refractivity contribution in [3.05, 3.63) is 65.7 Å². The summed E-state index contributed by atoms with van der Waals surface area (Å²) < 4.78 is 18.9. The molecule has 0 amide bonds. The zero-order valence-electron chi connectivity index (χ0n) is 20.0. The van der Waals surface area contributed by atoms with Crippen LogP contribution in [0.4, 0.5) is 0 Å². The number of nitrogens with zero attached hydrogens (tertiary/aromatic N) is 1. The molecule has 4 heteroatoms. The van der Waals surface area contributed by atoms with Gasteiger partial charge in [-0.05, 0) is 92.7 Å². The number of hydrogen-bond acceptors (Lipinski definition) is 4. The summed E-state index contributed by atoms with van der Waals surface area (Å²) in [4.78, 5) is 2.86. The molecule has 2 saturated carbocycles. The first-order chi connectivity index (χ1) is 16.8. The third-order valence-corrected chi connectivity index (χ3v) is 9.18. The van der Waals surface area contributed by atoms with Gasteiger partial charge < -0.3 is 14.2 Å². The molecule has 0 N–H and O–H groups in total. The van der Waals surface area contributed by atoms with Crippen molar-refractivity contribution in [2.24, 2.45) is 11.8 Å². The van der Waals surface area contributed by atoms with Crippen molar-refractivity contribution in [3.63, 3.8) is 0 Å². The largest absolute Gasteiger partial charge is 0.490 e. The molecule has 0 aromatic heterocycles. The van der Waals surface area contributed by atoms with Crippen molar-refractivity contribution in [2.75, 3.05) is 19.7 Å². The number of benzene rings is 2. The molecule has 4 atom stereocenters. The van der Waals surface area contributed by atoms with Crippen LogP contribution in [-0.4, -0.2) is 36.7 Å². The standard InChI is InChI=1S/C30H35NO3/c1-2-15-32-23-6-3-5-21(16-23)19-33-26-12-11-22-17-25-24-7-4-8-27-30(24,28(22)29(26)34-27)13-14-31(25)18-20-9-10-20/h2-3,5-6,11-12,16,20,24-25,27H,1,4,7-10,13-15,17-19H2/t24-,25+,27-,30+/m0/s1. The summed E-state index contributed by atoms with van der Waals surface area (Å²) in [5.74, 6) is 4.52. The molecule has 3 fully saturated rings. The van der Waals surface area contributed by atoms with Crippen molar-refractivity contribution < 1.29 is 14.2 Å². The predicted octanol–water partition coefficient (Wildman–Crippen LogP) is 5.67. The molecule has 5 aliphatic rings. The van der Waals surface area contributed by atoms with Gasteiger partial charge in [-0.15, -0.1) is 0 Å². The van der Waals surface area contributed by atoms with Gasteiger partial charge in [0, 0.05) is 23.6 Å². The highest BCUT2D eigenvalue weighted by molar-refractivity contribution is 5.61. The molecule has 0 radical (unpaired) electrons. The monoisotopic (exact) mass is 457 g/mol. The molecule has 3 aliphatic carbocycles. The van der Waals surface area contributed by atoms with Crippen molar-refractivity contribution >= 4 is 0 Å². The first-order valence-electron chi connectivity index (χ1n) is 13.3. The number of piperidine rings is 1. The van der Waals surface area contributed by atoms with Crippen LogP contribution in [0.15, 0.2) is 49.1 Å². The van der Waals surface area contributed by atoms with Crippen molar-refractivity contribution in [1.29, 1.82) is 0 Å². The Labute approximate surface area is 202 Å². The van der Waals surface area contributed by atoms with E-state index >= 15 is 0 Å². The van der Waals surface area contributed by atoms with Crippen LogP contribution in [0.5, 0.6) is 17.2 Å². The van der Waals surface area contributed by atoms with E-state index < -0.39 is 0 Å². The summed E-state index contributed by atoms with van der Waals surface area (Å²) in [5.41, 5.74) is 4.36. The Kier molecular flexibility index (Phi) is 4.94. The predicted molar refractivity (Wildman–Crippen MR) is 133 cm³/mol. The smallest absolute Gasteiger partial charge is 0.165 e. The van der Waals surface area contributed by atoms with Crippen LogP contribution in [0.25, 0.3) is 0 Å². The highest BCUT2D eigenvalue weighted by Gasteiger charge is 2.63. The van der Waals surface area contributed by atoms with Crippen LogP contribution >= 0.6 is 0 Å². The Bertz CT molecular complexity index is 1110. The van der Waals surface area contributed by atoms with Gasteiger partial charge in [0.15, 0.2) is 11.5 Å². The summed E-state index contributed by atoms with van der Waals surface area (Å²) in [7, 11) is 0. The number of rotatable bonds is 8. The van der Waals surface area contributed by atoms with E-state index in [4.69, 9.17) is 14.2 Å². The average molecular weight is 458 g/mol. The van der Waals surface area contributed by atoms with E-state index in [-0.39, 0.29) is 5.41 Å². The topological polar surface area (TPSA) is 30.9 Å². The third kappa shape index (κ3) is 3.21. The van der Waals surface area contributed by atoms with Gasteiger partial charge in [0.05, 0.1) is 0 Å². The Hall–Kier alpha value is -2.46. The summed E-state index contributed by atoms with van der Waals surface area (Å²) in [6.45, 7) is 7.31. The van der Waals surface area contributed by atoms with Gasteiger partial charge in [-0.1, -0.05) is 30.9 Å². The fraction of sp³-hybridized carbons (Fsp3) is 0.533. The molecule has 2 aromatic rings. The molecule has 2 heterocycles. The van der Waals surface area contributed by atoms with E-state index in [1.807, 2.05) is 12.1 Å². The van der Waals surface area contributed by atoms with Gasteiger partial charge in [0.25, 0.3) is 0 Å². The lowest BCUT2D eigenvalue weighted by atomic mass is 9.52. The molecular weight excluding hydrogens is 422 g/mol. The van der Waals surface area contributed by atoms with Crippen LogP contribution in [-0.2, 0) is 18.4 Å². The number of likely N-dealkylation sites (tertiary alicyclic amines) is 1. The molecule has 34 heavy (non-hydrogen) atoms. The van der Waals surface area contributed by atoms with Gasteiger partial charge in [0.2, 0.25) is 0 Å². The Morgan fingerprint density at radius 1 is 1.12 bits per heavy atom. The number of hydrogen-bond donors (Lipinski definition) is 0. The van der Waals surface area contributed by atoms with Crippen LogP contribution in [0, 0.1) is 11.8 Å². The zero-order valence-corrected chi connectivity index (χ0v) is 20.0. The molecule has 0 unspecified atom stereocenters. The molecule has 2 aliphatic heterocycles. The first kappa shape index (κ1) is 20.9. The normalized spacial score (nSPS) is 30.9. The minimum Gasteiger partial charge on any atom is -0.490 e. The Morgan fingerprint density at radius 2 is 2.06 bits per heavy atom. The quantitative estimate of drug-likeness (QED) is 0.478. The average Bonchev–Trinajstić information content (AvgIpc) is 3.61. The molecule has 1 saturated heterocycles. The van der Waals surface area contributed by atoms with Gasteiger partial charge in [-0.2, -0.15) is 0 Å². The zero-order chi connectivity index (χ0) is 22.7. The summed E-state index contributed by atoms with van der Waals surface area (Å²) in [6.07, 6.45) is 11.2. The maximum absolute atomic E-state index is 6.82. The SMILES string of the molecule is C=CCOc1cccc(COc2ccc3c4c2O[C@H]2CCC[C@H]5[C@@H](C3)N(CC3CC3)CC[C@]425)c1. The number of ether oxygens (including phenoxy) is 3. The second-order valence-electron chi connectivity index (χ2n) is 11.1. The highest BCUT2D eigenvalue weighted by Crippen LogP contribution is 2.64. The van der Waals surface area contributed by atoms with E-state index in [9.17, 15) is 0 Å². The Morgan fingerprint density at radius 3 is 2.94 bits per heavy atom.